The minimum absolute atomic E-state index is 0.223. The minimum Gasteiger partial charge on any atom is -0.530 e. The first kappa shape index (κ1) is 27.2. The molecule has 2 rings (SSSR count). The molecule has 0 aromatic heterocycles. The molecule has 6 nitrogen and oxygen atoms in total. The van der Waals surface area contributed by atoms with Crippen molar-refractivity contribution < 1.29 is 18.4 Å². The van der Waals surface area contributed by atoms with Crippen LogP contribution in [-0.4, -0.2) is 45.7 Å². The molecule has 182 valence electrons. The molecule has 0 saturated carbocycles. The molecule has 0 saturated heterocycles. The van der Waals surface area contributed by atoms with E-state index in [4.69, 9.17) is 8.85 Å². The maximum atomic E-state index is 12.8. The average Bonchev–Trinajstić information content (AvgIpc) is 2.93. The third-order valence-electron chi connectivity index (χ3n) is 5.98. The van der Waals surface area contributed by atoms with Crippen LogP contribution in [0.25, 0.3) is 0 Å². The zero-order valence-electron chi connectivity index (χ0n) is 21.8. The molecule has 0 radical (unpaired) electrons. The highest BCUT2D eigenvalue weighted by Crippen LogP contribution is 2.42. The van der Waals surface area contributed by atoms with E-state index in [1.807, 2.05) is 26.6 Å². The first-order chi connectivity index (χ1) is 15.2. The van der Waals surface area contributed by atoms with Crippen LogP contribution >= 0.6 is 0 Å². The first-order valence-corrected chi connectivity index (χ1v) is 17.3. The summed E-state index contributed by atoms with van der Waals surface area (Å²) in [4.78, 5) is 31.3. The Balaban J connectivity index is 2.34. The highest BCUT2D eigenvalue weighted by atomic mass is 28.4. The van der Waals surface area contributed by atoms with E-state index in [0.29, 0.717) is 27.8 Å². The van der Waals surface area contributed by atoms with Gasteiger partial charge in [-0.05, 0) is 55.3 Å². The summed E-state index contributed by atoms with van der Waals surface area (Å²) < 4.78 is 12.9. The van der Waals surface area contributed by atoms with E-state index in [2.05, 4.69) is 46.5 Å². The summed E-state index contributed by atoms with van der Waals surface area (Å²) in [7, 11) is -4.12. The summed E-state index contributed by atoms with van der Waals surface area (Å²) in [6.45, 7) is 21.6. The van der Waals surface area contributed by atoms with Gasteiger partial charge in [0.15, 0.2) is 0 Å². The quantitative estimate of drug-likeness (QED) is 0.161. The SMILES string of the molecule is CC(/C=N/C(=C/N1C(=O)c2ccccc2C1=O)O[Si](C)(C)C)O[Si](C(C)C)(C(C)C)C(C)C. The van der Waals surface area contributed by atoms with Crippen LogP contribution in [0.5, 0.6) is 0 Å². The van der Waals surface area contributed by atoms with Crippen LogP contribution in [0, 0.1) is 0 Å². The minimum atomic E-state index is -2.07. The van der Waals surface area contributed by atoms with Gasteiger partial charge < -0.3 is 8.85 Å². The van der Waals surface area contributed by atoms with Gasteiger partial charge in [-0.3, -0.25) is 9.59 Å². The summed E-state index contributed by atoms with van der Waals surface area (Å²) in [5.74, 6) is -0.472. The van der Waals surface area contributed by atoms with Gasteiger partial charge in [0.25, 0.3) is 11.8 Å². The normalized spacial score (nSPS) is 16.5. The second-order valence-corrected chi connectivity index (χ2v) is 20.5. The highest BCUT2D eigenvalue weighted by molar-refractivity contribution is 6.77. The van der Waals surface area contributed by atoms with E-state index in [1.54, 1.807) is 30.5 Å². The number of benzene rings is 1. The van der Waals surface area contributed by atoms with Crippen molar-refractivity contribution in [3.63, 3.8) is 0 Å². The number of hydrogen-bond donors (Lipinski definition) is 0. The summed E-state index contributed by atoms with van der Waals surface area (Å²) in [5.41, 5.74) is 2.17. The predicted octanol–water partition coefficient (Wildman–Crippen LogP) is 6.58. The van der Waals surface area contributed by atoms with Crippen molar-refractivity contribution in [2.45, 2.75) is 90.8 Å². The monoisotopic (exact) mass is 488 g/mol. The second-order valence-electron chi connectivity index (χ2n) is 10.6. The Hall–Kier alpha value is -2.04. The zero-order chi connectivity index (χ0) is 25.1. The lowest BCUT2D eigenvalue weighted by atomic mass is 10.1. The van der Waals surface area contributed by atoms with Gasteiger partial charge in [0.2, 0.25) is 22.5 Å². The fraction of sp³-hybridized carbons (Fsp3) is 0.560. The van der Waals surface area contributed by atoms with Crippen LogP contribution in [0.2, 0.25) is 36.3 Å². The number of nitrogens with zero attached hydrogens (tertiary/aromatic N) is 2. The molecule has 1 atom stereocenters. The third kappa shape index (κ3) is 6.10. The molecular formula is C25H40N2O4Si2. The molecule has 8 heteroatoms. The Kier molecular flexibility index (Phi) is 8.65. The van der Waals surface area contributed by atoms with Crippen molar-refractivity contribution in [3.8, 4) is 0 Å². The molecule has 0 bridgehead atoms. The molecule has 2 amide bonds. The number of hydrogen-bond acceptors (Lipinski definition) is 5. The topological polar surface area (TPSA) is 68.2 Å². The van der Waals surface area contributed by atoms with Crippen molar-refractivity contribution in [2.75, 3.05) is 0 Å². The Morgan fingerprint density at radius 1 is 0.879 bits per heavy atom. The van der Waals surface area contributed by atoms with Crippen molar-refractivity contribution in [1.29, 1.82) is 0 Å². The maximum absolute atomic E-state index is 12.8. The lowest BCUT2D eigenvalue weighted by molar-refractivity contribution is 0.0716. The summed E-state index contributed by atoms with van der Waals surface area (Å²) >= 11 is 0. The molecular weight excluding hydrogens is 448 g/mol. The fourth-order valence-electron chi connectivity index (χ4n) is 4.77. The number of imide groups is 1. The second kappa shape index (κ2) is 10.5. The van der Waals surface area contributed by atoms with Gasteiger partial charge in [0.1, 0.15) is 0 Å². The number of fused-ring (bicyclic) bond motifs is 1. The lowest BCUT2D eigenvalue weighted by Gasteiger charge is -2.43. The number of carbonyl (C=O) groups is 2. The number of amides is 2. The molecule has 1 unspecified atom stereocenters. The first-order valence-electron chi connectivity index (χ1n) is 11.8. The van der Waals surface area contributed by atoms with Crippen LogP contribution < -0.4 is 0 Å². The van der Waals surface area contributed by atoms with Gasteiger partial charge in [-0.15, -0.1) is 0 Å². The maximum Gasteiger partial charge on any atom is 0.265 e. The number of aliphatic imine (C=N–C) groups is 1. The van der Waals surface area contributed by atoms with E-state index in [1.165, 1.54) is 6.20 Å². The standard InChI is InChI=1S/C25H40N2O4Si2/c1-17(2)33(18(3)4,19(5)6)30-20(7)15-26-23(31-32(8,9)10)16-27-24(28)21-13-11-12-14-22(21)25(27)29/h11-20H,1-10H3/b23-16-,26-15+. The third-order valence-corrected chi connectivity index (χ3v) is 13.0. The van der Waals surface area contributed by atoms with Gasteiger partial charge in [0.05, 0.1) is 23.4 Å². The van der Waals surface area contributed by atoms with E-state index < -0.39 is 16.6 Å². The molecule has 1 aliphatic heterocycles. The van der Waals surface area contributed by atoms with Gasteiger partial charge >= 0.3 is 0 Å². The smallest absolute Gasteiger partial charge is 0.265 e. The van der Waals surface area contributed by atoms with Gasteiger partial charge in [-0.25, -0.2) is 9.89 Å². The van der Waals surface area contributed by atoms with E-state index in [0.717, 1.165) is 4.90 Å². The van der Waals surface area contributed by atoms with E-state index in [9.17, 15) is 9.59 Å². The van der Waals surface area contributed by atoms with Crippen LogP contribution in [-0.2, 0) is 8.85 Å². The van der Waals surface area contributed by atoms with Gasteiger partial charge in [-0.2, -0.15) is 0 Å². The highest BCUT2D eigenvalue weighted by Gasteiger charge is 2.46. The zero-order valence-corrected chi connectivity index (χ0v) is 23.8. The molecule has 0 N–H and O–H groups in total. The predicted molar refractivity (Wildman–Crippen MR) is 140 cm³/mol. The average molecular weight is 489 g/mol. The van der Waals surface area contributed by atoms with Crippen molar-refractivity contribution >= 4 is 34.7 Å². The molecule has 0 aliphatic carbocycles. The summed E-state index contributed by atoms with van der Waals surface area (Å²) in [5, 5.41) is 0. The van der Waals surface area contributed by atoms with Crippen molar-refractivity contribution in [1.82, 2.24) is 4.90 Å². The number of rotatable bonds is 10. The number of carbonyl (C=O) groups excluding carboxylic acids is 2. The molecule has 0 fully saturated rings. The van der Waals surface area contributed by atoms with Gasteiger partial charge in [-0.1, -0.05) is 53.7 Å². The summed E-state index contributed by atoms with van der Waals surface area (Å²) in [6, 6.07) is 6.83. The molecule has 1 aromatic rings. The lowest BCUT2D eigenvalue weighted by Crippen LogP contribution is -2.50. The Morgan fingerprint density at radius 2 is 1.33 bits per heavy atom. The Bertz CT molecular complexity index is 876. The van der Waals surface area contributed by atoms with Gasteiger partial charge in [0, 0.05) is 6.21 Å². The molecule has 1 aliphatic rings. The van der Waals surface area contributed by atoms with Crippen LogP contribution in [0.15, 0.2) is 41.3 Å². The Morgan fingerprint density at radius 3 is 1.73 bits per heavy atom. The van der Waals surface area contributed by atoms with Crippen LogP contribution in [0.3, 0.4) is 0 Å². The largest absolute Gasteiger partial charge is 0.530 e. The Labute approximate surface area is 201 Å². The fourth-order valence-corrected chi connectivity index (χ4v) is 11.0. The van der Waals surface area contributed by atoms with Crippen LogP contribution in [0.1, 0.15) is 69.2 Å². The van der Waals surface area contributed by atoms with Crippen LogP contribution in [0.4, 0.5) is 0 Å². The summed E-state index contributed by atoms with van der Waals surface area (Å²) in [6.07, 6.45) is 2.93. The molecule has 33 heavy (non-hydrogen) atoms. The molecule has 1 aromatic carbocycles. The molecule has 0 spiro atoms. The van der Waals surface area contributed by atoms with E-state index >= 15 is 0 Å². The van der Waals surface area contributed by atoms with Crippen molar-refractivity contribution in [2.24, 2.45) is 4.99 Å². The van der Waals surface area contributed by atoms with E-state index in [-0.39, 0.29) is 23.8 Å². The van der Waals surface area contributed by atoms with Crippen molar-refractivity contribution in [3.05, 3.63) is 47.5 Å². The molecule has 1 heterocycles.